The maximum atomic E-state index is 12.4. The SMILES string of the molecule is FC(F)C1CCN(CC2CCN2)CC1. The van der Waals surface area contributed by atoms with Gasteiger partial charge in [-0.25, -0.2) is 8.78 Å². The monoisotopic (exact) mass is 204 g/mol. The summed E-state index contributed by atoms with van der Waals surface area (Å²) in [4.78, 5) is 2.32. The molecule has 14 heavy (non-hydrogen) atoms. The van der Waals surface area contributed by atoms with Crippen molar-refractivity contribution in [3.05, 3.63) is 0 Å². The van der Waals surface area contributed by atoms with Gasteiger partial charge in [0.2, 0.25) is 6.43 Å². The molecule has 1 unspecified atom stereocenters. The van der Waals surface area contributed by atoms with E-state index < -0.39 is 6.43 Å². The molecule has 0 spiro atoms. The van der Waals surface area contributed by atoms with Crippen molar-refractivity contribution in [2.24, 2.45) is 5.92 Å². The highest BCUT2D eigenvalue weighted by Crippen LogP contribution is 2.23. The summed E-state index contributed by atoms with van der Waals surface area (Å²) in [7, 11) is 0. The fraction of sp³-hybridized carbons (Fsp3) is 1.00. The molecule has 4 heteroatoms. The van der Waals surface area contributed by atoms with Crippen LogP contribution in [0.5, 0.6) is 0 Å². The topological polar surface area (TPSA) is 15.3 Å². The van der Waals surface area contributed by atoms with E-state index in [0.717, 1.165) is 26.2 Å². The summed E-state index contributed by atoms with van der Waals surface area (Å²) in [5.74, 6) is -0.347. The molecule has 82 valence electrons. The Bertz CT molecular complexity index is 175. The Morgan fingerprint density at radius 3 is 2.29 bits per heavy atom. The first kappa shape index (κ1) is 10.3. The fourth-order valence-electron chi connectivity index (χ4n) is 2.20. The first-order valence-corrected chi connectivity index (χ1v) is 5.49. The van der Waals surface area contributed by atoms with Crippen molar-refractivity contribution >= 4 is 0 Å². The lowest BCUT2D eigenvalue weighted by molar-refractivity contribution is 0.0314. The van der Waals surface area contributed by atoms with Crippen LogP contribution in [-0.4, -0.2) is 43.5 Å². The second-order valence-corrected chi connectivity index (χ2v) is 4.41. The Morgan fingerprint density at radius 2 is 1.86 bits per heavy atom. The van der Waals surface area contributed by atoms with E-state index in [1.54, 1.807) is 0 Å². The predicted octanol–water partition coefficient (Wildman–Crippen LogP) is 1.33. The summed E-state index contributed by atoms with van der Waals surface area (Å²) >= 11 is 0. The van der Waals surface area contributed by atoms with Gasteiger partial charge in [0.15, 0.2) is 0 Å². The van der Waals surface area contributed by atoms with Crippen LogP contribution in [0.3, 0.4) is 0 Å². The standard InChI is InChI=1S/C10H18F2N2/c11-10(12)8-2-5-14(6-3-8)7-9-1-4-13-9/h8-10,13H,1-7H2. The smallest absolute Gasteiger partial charge is 0.241 e. The van der Waals surface area contributed by atoms with Gasteiger partial charge in [-0.1, -0.05) is 0 Å². The average Bonchev–Trinajstić information content (AvgIpc) is 2.12. The van der Waals surface area contributed by atoms with Crippen molar-refractivity contribution < 1.29 is 8.78 Å². The predicted molar refractivity (Wildman–Crippen MR) is 51.6 cm³/mol. The highest BCUT2D eigenvalue weighted by atomic mass is 19.3. The summed E-state index contributed by atoms with van der Waals surface area (Å²) < 4.78 is 24.7. The molecule has 1 N–H and O–H groups in total. The highest BCUT2D eigenvalue weighted by Gasteiger charge is 2.28. The molecule has 0 amide bonds. The van der Waals surface area contributed by atoms with Gasteiger partial charge in [0.05, 0.1) is 0 Å². The molecule has 0 aromatic carbocycles. The van der Waals surface area contributed by atoms with Gasteiger partial charge in [-0.15, -0.1) is 0 Å². The zero-order chi connectivity index (χ0) is 9.97. The van der Waals surface area contributed by atoms with E-state index in [9.17, 15) is 8.78 Å². The molecule has 2 aliphatic heterocycles. The largest absolute Gasteiger partial charge is 0.313 e. The van der Waals surface area contributed by atoms with Gasteiger partial charge in [-0.05, 0) is 38.9 Å². The zero-order valence-electron chi connectivity index (χ0n) is 8.38. The third-order valence-electron chi connectivity index (χ3n) is 3.39. The Balaban J connectivity index is 1.67. The van der Waals surface area contributed by atoms with Crippen LogP contribution in [0.4, 0.5) is 8.78 Å². The van der Waals surface area contributed by atoms with E-state index in [1.807, 2.05) is 0 Å². The molecule has 0 aliphatic carbocycles. The van der Waals surface area contributed by atoms with Crippen LogP contribution in [-0.2, 0) is 0 Å². The number of alkyl halides is 2. The minimum atomic E-state index is -2.11. The van der Waals surface area contributed by atoms with Crippen molar-refractivity contribution in [2.45, 2.75) is 31.7 Å². The lowest BCUT2D eigenvalue weighted by Crippen LogP contribution is -2.51. The highest BCUT2D eigenvalue weighted by molar-refractivity contribution is 4.83. The third kappa shape index (κ3) is 2.42. The molecule has 0 aromatic heterocycles. The Morgan fingerprint density at radius 1 is 1.21 bits per heavy atom. The molecule has 2 saturated heterocycles. The summed E-state index contributed by atoms with van der Waals surface area (Å²) in [6.45, 7) is 3.88. The maximum absolute atomic E-state index is 12.4. The summed E-state index contributed by atoms with van der Waals surface area (Å²) in [6.07, 6.45) is 0.475. The van der Waals surface area contributed by atoms with Crippen molar-refractivity contribution in [3.8, 4) is 0 Å². The van der Waals surface area contributed by atoms with Crippen molar-refractivity contribution in [1.29, 1.82) is 0 Å². The molecule has 2 fully saturated rings. The summed E-state index contributed by atoms with van der Waals surface area (Å²) in [5, 5.41) is 3.34. The van der Waals surface area contributed by atoms with E-state index >= 15 is 0 Å². The number of likely N-dealkylation sites (tertiary alicyclic amines) is 1. The number of hydrogen-bond donors (Lipinski definition) is 1. The average molecular weight is 204 g/mol. The number of halogens is 2. The van der Waals surface area contributed by atoms with Crippen molar-refractivity contribution in [2.75, 3.05) is 26.2 Å². The molecule has 0 radical (unpaired) electrons. The number of rotatable bonds is 3. The van der Waals surface area contributed by atoms with E-state index in [4.69, 9.17) is 0 Å². The second kappa shape index (κ2) is 4.53. The first-order valence-electron chi connectivity index (χ1n) is 5.49. The number of nitrogens with zero attached hydrogens (tertiary/aromatic N) is 1. The van der Waals surface area contributed by atoms with Gasteiger partial charge in [-0.3, -0.25) is 0 Å². The van der Waals surface area contributed by atoms with Crippen LogP contribution in [0.25, 0.3) is 0 Å². The van der Waals surface area contributed by atoms with Gasteiger partial charge >= 0.3 is 0 Å². The van der Waals surface area contributed by atoms with Crippen molar-refractivity contribution in [3.63, 3.8) is 0 Å². The van der Waals surface area contributed by atoms with Gasteiger partial charge in [0, 0.05) is 18.5 Å². The van der Waals surface area contributed by atoms with Gasteiger partial charge in [0.25, 0.3) is 0 Å². The molecule has 0 saturated carbocycles. The van der Waals surface area contributed by atoms with Gasteiger partial charge in [0.1, 0.15) is 0 Å². The molecule has 2 aliphatic rings. The molecule has 0 aromatic rings. The number of nitrogens with one attached hydrogen (secondary N) is 1. The zero-order valence-corrected chi connectivity index (χ0v) is 8.38. The van der Waals surface area contributed by atoms with Crippen LogP contribution < -0.4 is 5.32 Å². The Labute approximate surface area is 83.7 Å². The van der Waals surface area contributed by atoms with E-state index in [1.165, 1.54) is 6.42 Å². The molecule has 2 rings (SSSR count). The first-order chi connectivity index (χ1) is 6.75. The maximum Gasteiger partial charge on any atom is 0.241 e. The minimum Gasteiger partial charge on any atom is -0.313 e. The van der Waals surface area contributed by atoms with Crippen LogP contribution in [0.15, 0.2) is 0 Å². The van der Waals surface area contributed by atoms with Crippen LogP contribution in [0.1, 0.15) is 19.3 Å². The Hall–Kier alpha value is -0.220. The molecule has 1 atom stereocenters. The molecular weight excluding hydrogens is 186 g/mol. The van der Waals surface area contributed by atoms with E-state index in [-0.39, 0.29) is 5.92 Å². The quantitative estimate of drug-likeness (QED) is 0.746. The lowest BCUT2D eigenvalue weighted by atomic mass is 9.96. The second-order valence-electron chi connectivity index (χ2n) is 4.41. The van der Waals surface area contributed by atoms with Gasteiger partial charge in [-0.2, -0.15) is 0 Å². The normalized spacial score (nSPS) is 30.6. The minimum absolute atomic E-state index is 0.347. The molecule has 2 heterocycles. The number of piperidine rings is 1. The summed E-state index contributed by atoms with van der Waals surface area (Å²) in [6, 6.07) is 0.623. The van der Waals surface area contributed by atoms with E-state index in [0.29, 0.717) is 18.9 Å². The van der Waals surface area contributed by atoms with Crippen LogP contribution in [0.2, 0.25) is 0 Å². The van der Waals surface area contributed by atoms with Crippen LogP contribution in [0, 0.1) is 5.92 Å². The fourth-order valence-corrected chi connectivity index (χ4v) is 2.20. The summed E-state index contributed by atoms with van der Waals surface area (Å²) in [5.41, 5.74) is 0. The van der Waals surface area contributed by atoms with Crippen LogP contribution >= 0.6 is 0 Å². The molecule has 0 bridgehead atoms. The van der Waals surface area contributed by atoms with Gasteiger partial charge < -0.3 is 10.2 Å². The molecular formula is C10H18F2N2. The molecule has 2 nitrogen and oxygen atoms in total. The number of hydrogen-bond acceptors (Lipinski definition) is 2. The Kier molecular flexibility index (Phi) is 3.34. The lowest BCUT2D eigenvalue weighted by Gasteiger charge is -2.37. The van der Waals surface area contributed by atoms with Crippen molar-refractivity contribution in [1.82, 2.24) is 10.2 Å². The van der Waals surface area contributed by atoms with E-state index in [2.05, 4.69) is 10.2 Å². The third-order valence-corrected chi connectivity index (χ3v) is 3.39.